The minimum absolute atomic E-state index is 0.109. The number of pyridine rings is 1. The maximum Gasteiger partial charge on any atom is 0.405 e. The van der Waals surface area contributed by atoms with Gasteiger partial charge in [-0.05, 0) is 25.1 Å². The lowest BCUT2D eigenvalue weighted by molar-refractivity contribution is -0.608. The first-order chi connectivity index (χ1) is 11.1. The number of carbonyl (C=O) groups excluding carboxylic acids is 1. The number of carbonyl (C=O) groups is 1. The van der Waals surface area contributed by atoms with Crippen molar-refractivity contribution in [2.45, 2.75) is 13.0 Å². The molecule has 7 heteroatoms. The van der Waals surface area contributed by atoms with Crippen LogP contribution in [0.15, 0.2) is 59.1 Å². The largest absolute Gasteiger partial charge is 0.618 e. The van der Waals surface area contributed by atoms with Gasteiger partial charge in [0.15, 0.2) is 12.3 Å². The highest BCUT2D eigenvalue weighted by atomic mass is 16.6. The Kier molecular flexibility index (Phi) is 4.01. The zero-order chi connectivity index (χ0) is 16.2. The van der Waals surface area contributed by atoms with E-state index in [9.17, 15) is 10.0 Å². The second-order valence-corrected chi connectivity index (χ2v) is 4.77. The molecule has 0 unspecified atom stereocenters. The lowest BCUT2D eigenvalue weighted by Crippen LogP contribution is -2.34. The Morgan fingerprint density at radius 2 is 1.91 bits per heavy atom. The molecule has 0 radical (unpaired) electrons. The van der Waals surface area contributed by atoms with Crippen molar-refractivity contribution in [3.63, 3.8) is 0 Å². The fourth-order valence-electron chi connectivity index (χ4n) is 1.95. The van der Waals surface area contributed by atoms with E-state index in [0.717, 1.165) is 5.56 Å². The summed E-state index contributed by atoms with van der Waals surface area (Å²) >= 11 is 0. The minimum atomic E-state index is -0.771. The van der Waals surface area contributed by atoms with Crippen molar-refractivity contribution in [2.24, 2.45) is 0 Å². The Morgan fingerprint density at radius 3 is 2.65 bits per heavy atom. The van der Waals surface area contributed by atoms with Crippen molar-refractivity contribution < 1.29 is 18.7 Å². The molecule has 3 rings (SSSR count). The van der Waals surface area contributed by atoms with Gasteiger partial charge in [0.25, 0.3) is 5.89 Å². The molecule has 1 aromatic carbocycles. The first-order valence-corrected chi connectivity index (χ1v) is 6.93. The molecule has 2 aromatic heterocycles. The predicted octanol–water partition coefficient (Wildman–Crippen LogP) is 2.29. The Balaban J connectivity index is 1.74. The van der Waals surface area contributed by atoms with Crippen LogP contribution in [0.3, 0.4) is 0 Å². The summed E-state index contributed by atoms with van der Waals surface area (Å²) in [5.41, 5.74) is 0.660. The molecular formula is C16H13N3O4. The summed E-state index contributed by atoms with van der Waals surface area (Å²) in [4.78, 5) is 12.0. The second kappa shape index (κ2) is 6.27. The molecule has 0 bridgehead atoms. The van der Waals surface area contributed by atoms with Crippen LogP contribution in [0, 0.1) is 5.21 Å². The van der Waals surface area contributed by atoms with Gasteiger partial charge in [-0.3, -0.25) is 0 Å². The fraction of sp³-hybridized carbons (Fsp3) is 0.125. The highest BCUT2D eigenvalue weighted by Gasteiger charge is 2.24. The van der Waals surface area contributed by atoms with Gasteiger partial charge in [0.2, 0.25) is 5.89 Å². The number of rotatable bonds is 4. The Labute approximate surface area is 131 Å². The van der Waals surface area contributed by atoms with Crippen LogP contribution in [0.1, 0.15) is 29.4 Å². The van der Waals surface area contributed by atoms with Gasteiger partial charge in [0.05, 0.1) is 0 Å². The van der Waals surface area contributed by atoms with Crippen molar-refractivity contribution >= 4 is 5.97 Å². The molecule has 2 heterocycles. The molecule has 0 N–H and O–H groups in total. The Bertz CT molecular complexity index is 817. The standard InChI is InChI=1S/C16H13N3O4/c1-11(22-16(20)13-9-5-6-10-19(13)21)14-17-18-15(23-14)12-7-3-2-4-8-12/h2-11H,1H3/t11-/m1/s1. The van der Waals surface area contributed by atoms with E-state index in [2.05, 4.69) is 10.2 Å². The average Bonchev–Trinajstić information content (AvgIpc) is 3.06. The van der Waals surface area contributed by atoms with E-state index in [1.54, 1.807) is 13.0 Å². The number of hydrogen-bond acceptors (Lipinski definition) is 6. The SMILES string of the molecule is C[C@@H](OC(=O)c1cccc[n+]1[O-])c1nnc(-c2ccccc2)o1. The zero-order valence-electron chi connectivity index (χ0n) is 12.2. The Morgan fingerprint density at radius 1 is 1.17 bits per heavy atom. The van der Waals surface area contributed by atoms with E-state index < -0.39 is 12.1 Å². The monoisotopic (exact) mass is 311 g/mol. The van der Waals surface area contributed by atoms with Crippen molar-refractivity contribution in [1.29, 1.82) is 0 Å². The van der Waals surface area contributed by atoms with Crippen LogP contribution < -0.4 is 4.73 Å². The number of benzene rings is 1. The summed E-state index contributed by atoms with van der Waals surface area (Å²) in [6.45, 7) is 1.60. The fourth-order valence-corrected chi connectivity index (χ4v) is 1.95. The van der Waals surface area contributed by atoms with E-state index in [1.807, 2.05) is 30.3 Å². The van der Waals surface area contributed by atoms with Crippen molar-refractivity contribution in [3.8, 4) is 11.5 Å². The lowest BCUT2D eigenvalue weighted by Gasteiger charge is -2.08. The summed E-state index contributed by atoms with van der Waals surface area (Å²) in [5.74, 6) is -0.264. The van der Waals surface area contributed by atoms with Gasteiger partial charge >= 0.3 is 11.7 Å². The quantitative estimate of drug-likeness (QED) is 0.417. The molecule has 0 aliphatic heterocycles. The minimum Gasteiger partial charge on any atom is -0.618 e. The van der Waals surface area contributed by atoms with Gasteiger partial charge in [-0.1, -0.05) is 18.2 Å². The summed E-state index contributed by atoms with van der Waals surface area (Å²) in [7, 11) is 0. The molecule has 7 nitrogen and oxygen atoms in total. The lowest BCUT2D eigenvalue weighted by atomic mass is 10.2. The second-order valence-electron chi connectivity index (χ2n) is 4.77. The predicted molar refractivity (Wildman–Crippen MR) is 79.0 cm³/mol. The number of nitrogens with zero attached hydrogens (tertiary/aromatic N) is 3. The van der Waals surface area contributed by atoms with Crippen LogP contribution in [-0.4, -0.2) is 16.2 Å². The first kappa shape index (κ1) is 14.7. The van der Waals surface area contributed by atoms with E-state index in [0.29, 0.717) is 10.6 Å². The molecule has 23 heavy (non-hydrogen) atoms. The molecular weight excluding hydrogens is 298 g/mol. The van der Waals surface area contributed by atoms with Crippen LogP contribution in [0.4, 0.5) is 0 Å². The van der Waals surface area contributed by atoms with Crippen LogP contribution in [0.5, 0.6) is 0 Å². The number of aromatic nitrogens is 3. The van der Waals surface area contributed by atoms with Crippen LogP contribution >= 0.6 is 0 Å². The van der Waals surface area contributed by atoms with E-state index in [4.69, 9.17) is 9.15 Å². The van der Waals surface area contributed by atoms with Crippen LogP contribution in [0.2, 0.25) is 0 Å². The topological polar surface area (TPSA) is 92.2 Å². The molecule has 0 saturated carbocycles. The van der Waals surface area contributed by atoms with Gasteiger partial charge in [-0.25, -0.2) is 4.79 Å². The zero-order valence-corrected chi connectivity index (χ0v) is 12.2. The smallest absolute Gasteiger partial charge is 0.405 e. The van der Waals surface area contributed by atoms with Crippen LogP contribution in [0.25, 0.3) is 11.5 Å². The summed E-state index contributed by atoms with van der Waals surface area (Å²) in [6, 6.07) is 13.7. The number of ether oxygens (including phenoxy) is 1. The third kappa shape index (κ3) is 3.18. The van der Waals surface area contributed by atoms with Gasteiger partial charge in [0, 0.05) is 17.7 Å². The Hall–Kier alpha value is -3.22. The average molecular weight is 311 g/mol. The summed E-state index contributed by atoms with van der Waals surface area (Å²) < 4.78 is 11.2. The molecule has 0 amide bonds. The summed E-state index contributed by atoms with van der Waals surface area (Å²) in [5, 5.41) is 19.3. The molecule has 3 aromatic rings. The van der Waals surface area contributed by atoms with E-state index in [-0.39, 0.29) is 11.6 Å². The third-order valence-corrected chi connectivity index (χ3v) is 3.13. The van der Waals surface area contributed by atoms with Gasteiger partial charge < -0.3 is 14.4 Å². The maximum atomic E-state index is 12.0. The molecule has 1 atom stereocenters. The highest BCUT2D eigenvalue weighted by Crippen LogP contribution is 2.22. The maximum absolute atomic E-state index is 12.0. The van der Waals surface area contributed by atoms with Gasteiger partial charge in [-0.2, -0.15) is 4.73 Å². The molecule has 0 aliphatic carbocycles. The third-order valence-electron chi connectivity index (χ3n) is 3.13. The molecule has 116 valence electrons. The summed E-state index contributed by atoms with van der Waals surface area (Å²) in [6.07, 6.45) is 0.453. The molecule has 0 fully saturated rings. The number of hydrogen-bond donors (Lipinski definition) is 0. The highest BCUT2D eigenvalue weighted by molar-refractivity contribution is 5.85. The molecule has 0 spiro atoms. The van der Waals surface area contributed by atoms with E-state index >= 15 is 0 Å². The normalized spacial score (nSPS) is 11.9. The van der Waals surface area contributed by atoms with Crippen molar-refractivity contribution in [3.05, 3.63) is 71.5 Å². The van der Waals surface area contributed by atoms with Crippen molar-refractivity contribution in [1.82, 2.24) is 10.2 Å². The molecule has 0 aliphatic rings. The molecule has 0 saturated heterocycles. The first-order valence-electron chi connectivity index (χ1n) is 6.93. The van der Waals surface area contributed by atoms with Gasteiger partial charge in [0.1, 0.15) is 0 Å². The van der Waals surface area contributed by atoms with Crippen LogP contribution in [-0.2, 0) is 4.74 Å². The van der Waals surface area contributed by atoms with Crippen molar-refractivity contribution in [2.75, 3.05) is 0 Å². The van der Waals surface area contributed by atoms with E-state index in [1.165, 1.54) is 18.3 Å². The number of esters is 1. The van der Waals surface area contributed by atoms with Gasteiger partial charge in [-0.15, -0.1) is 10.2 Å².